The highest BCUT2D eigenvalue weighted by molar-refractivity contribution is 5.93. The van der Waals surface area contributed by atoms with Crippen molar-refractivity contribution < 1.29 is 19.2 Å². The predicted octanol–water partition coefficient (Wildman–Crippen LogP) is 3.32. The number of nitrogens with one attached hydrogen (secondary N) is 1. The monoisotopic (exact) mass is 330 g/mol. The third-order valence-corrected chi connectivity index (χ3v) is 3.28. The predicted molar refractivity (Wildman–Crippen MR) is 89.6 cm³/mol. The van der Waals surface area contributed by atoms with Crippen LogP contribution in [0, 0.1) is 17.0 Å². The van der Waals surface area contributed by atoms with E-state index in [4.69, 9.17) is 9.47 Å². The fourth-order valence-corrected chi connectivity index (χ4v) is 2.13. The second-order valence-electron chi connectivity index (χ2n) is 4.92. The number of nitrogens with zero attached hydrogens (tertiary/aromatic N) is 1. The summed E-state index contributed by atoms with van der Waals surface area (Å²) in [5.41, 5.74) is 0.733. The summed E-state index contributed by atoms with van der Waals surface area (Å²) in [6.45, 7) is 3.69. The van der Waals surface area contributed by atoms with E-state index in [1.165, 1.54) is 12.1 Å². The van der Waals surface area contributed by atoms with Gasteiger partial charge < -0.3 is 14.8 Å². The largest absolute Gasteiger partial charge is 0.490 e. The van der Waals surface area contributed by atoms with Crippen LogP contribution in [0.1, 0.15) is 12.5 Å². The van der Waals surface area contributed by atoms with Crippen LogP contribution in [-0.2, 0) is 4.79 Å². The van der Waals surface area contributed by atoms with Gasteiger partial charge >= 0.3 is 0 Å². The molecule has 0 spiro atoms. The van der Waals surface area contributed by atoms with Gasteiger partial charge in [0.1, 0.15) is 0 Å². The first-order valence-corrected chi connectivity index (χ1v) is 7.41. The molecule has 0 radical (unpaired) electrons. The molecule has 0 aromatic heterocycles. The summed E-state index contributed by atoms with van der Waals surface area (Å²) in [5.74, 6) is 0.606. The first-order valence-electron chi connectivity index (χ1n) is 7.41. The normalized spacial score (nSPS) is 10.1. The highest BCUT2D eigenvalue weighted by Gasteiger charge is 2.15. The minimum Gasteiger partial charge on any atom is -0.490 e. The number of carbonyl (C=O) groups excluding carboxylic acids is 1. The van der Waals surface area contributed by atoms with Crippen molar-refractivity contribution in [2.45, 2.75) is 13.8 Å². The van der Waals surface area contributed by atoms with Crippen molar-refractivity contribution in [2.75, 3.05) is 18.5 Å². The molecule has 0 atom stereocenters. The third kappa shape index (κ3) is 4.22. The van der Waals surface area contributed by atoms with Gasteiger partial charge in [-0.1, -0.05) is 18.2 Å². The Morgan fingerprint density at radius 1 is 1.12 bits per heavy atom. The number of amides is 1. The number of anilines is 1. The van der Waals surface area contributed by atoms with E-state index in [1.807, 2.05) is 13.0 Å². The van der Waals surface area contributed by atoms with Crippen molar-refractivity contribution in [1.82, 2.24) is 0 Å². The molecule has 24 heavy (non-hydrogen) atoms. The summed E-state index contributed by atoms with van der Waals surface area (Å²) in [4.78, 5) is 22.5. The van der Waals surface area contributed by atoms with Crippen molar-refractivity contribution in [1.29, 1.82) is 0 Å². The second-order valence-corrected chi connectivity index (χ2v) is 4.92. The zero-order valence-electron chi connectivity index (χ0n) is 13.4. The summed E-state index contributed by atoms with van der Waals surface area (Å²) in [5, 5.41) is 13.5. The Balaban J connectivity index is 2.02. The maximum atomic E-state index is 12.0. The molecule has 0 saturated heterocycles. The smallest absolute Gasteiger partial charge is 0.274 e. The maximum absolute atomic E-state index is 12.0. The Kier molecular flexibility index (Phi) is 5.73. The van der Waals surface area contributed by atoms with Crippen LogP contribution in [0.2, 0.25) is 0 Å². The fraction of sp³-hybridized carbons (Fsp3) is 0.235. The van der Waals surface area contributed by atoms with Crippen molar-refractivity contribution in [3.8, 4) is 11.5 Å². The molecule has 2 aromatic carbocycles. The SMILES string of the molecule is CCOc1ccccc1OCC(=O)Nc1cccc([N+](=O)[O-])c1C. The molecular weight excluding hydrogens is 312 g/mol. The van der Waals surface area contributed by atoms with Gasteiger partial charge in [0.2, 0.25) is 0 Å². The Morgan fingerprint density at radius 2 is 1.79 bits per heavy atom. The highest BCUT2D eigenvalue weighted by Crippen LogP contribution is 2.27. The van der Waals surface area contributed by atoms with E-state index >= 15 is 0 Å². The highest BCUT2D eigenvalue weighted by atomic mass is 16.6. The van der Waals surface area contributed by atoms with Crippen LogP contribution in [0.5, 0.6) is 11.5 Å². The van der Waals surface area contributed by atoms with Crippen molar-refractivity contribution in [2.24, 2.45) is 0 Å². The van der Waals surface area contributed by atoms with Crippen molar-refractivity contribution in [3.05, 3.63) is 58.1 Å². The van der Waals surface area contributed by atoms with Crippen molar-refractivity contribution in [3.63, 3.8) is 0 Å². The summed E-state index contributed by atoms with van der Waals surface area (Å²) >= 11 is 0. The van der Waals surface area contributed by atoms with Gasteiger partial charge in [-0.3, -0.25) is 14.9 Å². The van der Waals surface area contributed by atoms with E-state index in [9.17, 15) is 14.9 Å². The molecule has 0 unspecified atom stereocenters. The van der Waals surface area contributed by atoms with Crippen molar-refractivity contribution >= 4 is 17.3 Å². The van der Waals surface area contributed by atoms with Gasteiger partial charge in [0.15, 0.2) is 18.1 Å². The van der Waals surface area contributed by atoms with E-state index < -0.39 is 10.8 Å². The van der Waals surface area contributed by atoms with Crippen LogP contribution >= 0.6 is 0 Å². The molecule has 1 N–H and O–H groups in total. The lowest BCUT2D eigenvalue weighted by Crippen LogP contribution is -2.21. The fourth-order valence-electron chi connectivity index (χ4n) is 2.13. The number of hydrogen-bond acceptors (Lipinski definition) is 5. The number of ether oxygens (including phenoxy) is 2. The van der Waals surface area contributed by atoms with E-state index in [-0.39, 0.29) is 12.3 Å². The first kappa shape index (κ1) is 17.3. The zero-order chi connectivity index (χ0) is 17.5. The number of hydrogen-bond donors (Lipinski definition) is 1. The molecule has 0 aliphatic rings. The summed E-state index contributed by atoms with van der Waals surface area (Å²) in [6, 6.07) is 11.6. The average molecular weight is 330 g/mol. The van der Waals surface area contributed by atoms with Crippen LogP contribution in [0.15, 0.2) is 42.5 Å². The molecule has 2 rings (SSSR count). The van der Waals surface area contributed by atoms with E-state index in [1.54, 1.807) is 31.2 Å². The number of para-hydroxylation sites is 2. The second kappa shape index (κ2) is 7.96. The Hall–Kier alpha value is -3.09. The minimum absolute atomic E-state index is 0.0459. The molecule has 0 fully saturated rings. The molecular formula is C17H18N2O5. The number of nitro groups is 1. The zero-order valence-corrected chi connectivity index (χ0v) is 13.4. The lowest BCUT2D eigenvalue weighted by atomic mass is 10.1. The van der Waals surface area contributed by atoms with Gasteiger partial charge in [0, 0.05) is 6.07 Å². The molecule has 7 heteroatoms. The lowest BCUT2D eigenvalue weighted by molar-refractivity contribution is -0.385. The first-order chi connectivity index (χ1) is 11.5. The molecule has 126 valence electrons. The van der Waals surface area contributed by atoms with Crippen LogP contribution in [0.3, 0.4) is 0 Å². The van der Waals surface area contributed by atoms with Crippen LogP contribution in [0.25, 0.3) is 0 Å². The molecule has 0 saturated carbocycles. The molecule has 1 amide bonds. The Labute approximate surface area is 139 Å². The van der Waals surface area contributed by atoms with Crippen LogP contribution in [-0.4, -0.2) is 24.0 Å². The molecule has 0 heterocycles. The van der Waals surface area contributed by atoms with Gasteiger partial charge in [-0.2, -0.15) is 0 Å². The van der Waals surface area contributed by atoms with E-state index in [0.29, 0.717) is 29.4 Å². The van der Waals surface area contributed by atoms with Gasteiger partial charge in [-0.05, 0) is 32.0 Å². The number of benzene rings is 2. The molecule has 7 nitrogen and oxygen atoms in total. The minimum atomic E-state index is -0.486. The third-order valence-electron chi connectivity index (χ3n) is 3.28. The van der Waals surface area contributed by atoms with Gasteiger partial charge in [0.05, 0.1) is 22.8 Å². The molecule has 0 bridgehead atoms. The number of rotatable bonds is 7. The van der Waals surface area contributed by atoms with Crippen LogP contribution < -0.4 is 14.8 Å². The number of carbonyl (C=O) groups is 1. The lowest BCUT2D eigenvalue weighted by Gasteiger charge is -2.12. The Morgan fingerprint density at radius 3 is 2.42 bits per heavy atom. The van der Waals surface area contributed by atoms with Gasteiger partial charge in [0.25, 0.3) is 11.6 Å². The average Bonchev–Trinajstić information content (AvgIpc) is 2.56. The standard InChI is InChI=1S/C17H18N2O5/c1-3-23-15-9-4-5-10-16(15)24-11-17(20)18-13-7-6-8-14(12(13)2)19(21)22/h4-10H,3,11H2,1-2H3,(H,18,20). The topological polar surface area (TPSA) is 90.7 Å². The van der Waals surface area contributed by atoms with Crippen LogP contribution in [0.4, 0.5) is 11.4 Å². The molecule has 2 aromatic rings. The summed E-state index contributed by atoms with van der Waals surface area (Å²) in [6.07, 6.45) is 0. The quantitative estimate of drug-likeness (QED) is 0.621. The van der Waals surface area contributed by atoms with E-state index in [0.717, 1.165) is 0 Å². The molecule has 0 aliphatic carbocycles. The van der Waals surface area contributed by atoms with E-state index in [2.05, 4.69) is 5.32 Å². The molecule has 0 aliphatic heterocycles. The Bertz CT molecular complexity index is 746. The number of nitro benzene ring substituents is 1. The van der Waals surface area contributed by atoms with Gasteiger partial charge in [-0.25, -0.2) is 0 Å². The van der Waals surface area contributed by atoms with Gasteiger partial charge in [-0.15, -0.1) is 0 Å². The summed E-state index contributed by atoms with van der Waals surface area (Å²) in [7, 11) is 0. The summed E-state index contributed by atoms with van der Waals surface area (Å²) < 4.78 is 10.9. The maximum Gasteiger partial charge on any atom is 0.274 e.